The maximum atomic E-state index is 13.1. The zero-order chi connectivity index (χ0) is 12.0. The standard InChI is InChI=1S/C10H6F5N/c11-9(12,13)10(14,15)16-6-5-7-3-1-2-4-8(7)16/h1-6H. The molecule has 0 atom stereocenters. The second-order valence-corrected chi connectivity index (χ2v) is 3.28. The average molecular weight is 235 g/mol. The Labute approximate surface area is 87.1 Å². The number of rotatable bonds is 1. The van der Waals surface area contributed by atoms with Crippen LogP contribution in [0, 0.1) is 0 Å². The van der Waals surface area contributed by atoms with E-state index in [0.717, 1.165) is 6.20 Å². The summed E-state index contributed by atoms with van der Waals surface area (Å²) in [5.41, 5.74) is -0.148. The molecule has 0 unspecified atom stereocenters. The highest BCUT2D eigenvalue weighted by molar-refractivity contribution is 5.80. The summed E-state index contributed by atoms with van der Waals surface area (Å²) in [7, 11) is 0. The van der Waals surface area contributed by atoms with Gasteiger partial charge in [-0.15, -0.1) is 0 Å². The van der Waals surface area contributed by atoms with Crippen LogP contribution in [-0.4, -0.2) is 10.7 Å². The van der Waals surface area contributed by atoms with Gasteiger partial charge in [0.1, 0.15) is 0 Å². The zero-order valence-corrected chi connectivity index (χ0v) is 7.80. The molecule has 2 aromatic rings. The second kappa shape index (κ2) is 3.20. The summed E-state index contributed by atoms with van der Waals surface area (Å²) in [5, 5.41) is 0.339. The molecule has 2 rings (SSSR count). The van der Waals surface area contributed by atoms with Crippen molar-refractivity contribution in [1.29, 1.82) is 0 Å². The molecule has 16 heavy (non-hydrogen) atoms. The van der Waals surface area contributed by atoms with Gasteiger partial charge < -0.3 is 0 Å². The lowest BCUT2D eigenvalue weighted by atomic mass is 10.2. The number of halogens is 5. The van der Waals surface area contributed by atoms with E-state index in [1.54, 1.807) is 6.07 Å². The normalized spacial score (nSPS) is 13.3. The predicted molar refractivity (Wildman–Crippen MR) is 48.2 cm³/mol. The van der Waals surface area contributed by atoms with Gasteiger partial charge in [-0.2, -0.15) is 22.0 Å². The van der Waals surface area contributed by atoms with Crippen molar-refractivity contribution in [3.05, 3.63) is 36.5 Å². The van der Waals surface area contributed by atoms with Crippen molar-refractivity contribution in [2.24, 2.45) is 0 Å². The number of hydrogen-bond acceptors (Lipinski definition) is 0. The summed E-state index contributed by atoms with van der Waals surface area (Å²) in [6.07, 6.45) is -4.87. The van der Waals surface area contributed by atoms with Crippen LogP contribution < -0.4 is 0 Å². The first kappa shape index (κ1) is 10.9. The summed E-state index contributed by atoms with van der Waals surface area (Å²) < 4.78 is 62.5. The van der Waals surface area contributed by atoms with E-state index < -0.39 is 12.2 Å². The van der Waals surface area contributed by atoms with Gasteiger partial charge in [-0.25, -0.2) is 0 Å². The third-order valence-corrected chi connectivity index (χ3v) is 2.24. The zero-order valence-electron chi connectivity index (χ0n) is 7.80. The SMILES string of the molecule is FC(F)(F)C(F)(F)n1ccc2ccccc21. The first-order valence-corrected chi connectivity index (χ1v) is 4.35. The lowest BCUT2D eigenvalue weighted by molar-refractivity contribution is -0.322. The van der Waals surface area contributed by atoms with Crippen LogP contribution in [0.4, 0.5) is 22.0 Å². The predicted octanol–water partition coefficient (Wildman–Crippen LogP) is 3.75. The van der Waals surface area contributed by atoms with Crippen LogP contribution in [0.25, 0.3) is 10.9 Å². The molecule has 0 N–H and O–H groups in total. The van der Waals surface area contributed by atoms with E-state index in [9.17, 15) is 22.0 Å². The summed E-state index contributed by atoms with van der Waals surface area (Å²) in [5.74, 6) is 0. The van der Waals surface area contributed by atoms with Crippen molar-refractivity contribution in [3.63, 3.8) is 0 Å². The summed E-state index contributed by atoms with van der Waals surface area (Å²) >= 11 is 0. The lowest BCUT2D eigenvalue weighted by Crippen LogP contribution is -2.39. The lowest BCUT2D eigenvalue weighted by Gasteiger charge is -2.21. The molecule has 1 aromatic carbocycles. The van der Waals surface area contributed by atoms with Crippen LogP contribution in [0.3, 0.4) is 0 Å². The molecule has 0 saturated heterocycles. The van der Waals surface area contributed by atoms with E-state index in [-0.39, 0.29) is 10.1 Å². The van der Waals surface area contributed by atoms with Gasteiger partial charge in [0.15, 0.2) is 0 Å². The Bertz CT molecular complexity index is 511. The summed E-state index contributed by atoms with van der Waals surface area (Å²) in [6, 6.07) is 1.99. The molecule has 0 aliphatic carbocycles. The molecule has 1 heterocycles. The minimum atomic E-state index is -5.60. The Morgan fingerprint density at radius 2 is 1.50 bits per heavy atom. The van der Waals surface area contributed by atoms with Crippen molar-refractivity contribution in [3.8, 4) is 0 Å². The van der Waals surface area contributed by atoms with Gasteiger partial charge in [-0.3, -0.25) is 4.57 Å². The number of alkyl halides is 5. The maximum Gasteiger partial charge on any atom is 0.475 e. The number of nitrogens with zero attached hydrogens (tertiary/aromatic N) is 1. The Balaban J connectivity index is 2.64. The van der Waals surface area contributed by atoms with Crippen molar-refractivity contribution >= 4 is 10.9 Å². The molecule has 1 nitrogen and oxygen atoms in total. The molecule has 86 valence electrons. The van der Waals surface area contributed by atoms with Gasteiger partial charge in [0.2, 0.25) is 0 Å². The van der Waals surface area contributed by atoms with Gasteiger partial charge >= 0.3 is 12.2 Å². The third-order valence-electron chi connectivity index (χ3n) is 2.24. The minimum Gasteiger partial charge on any atom is -0.281 e. The number of fused-ring (bicyclic) bond motifs is 1. The van der Waals surface area contributed by atoms with Gasteiger partial charge in [-0.05, 0) is 17.5 Å². The van der Waals surface area contributed by atoms with Gasteiger partial charge in [-0.1, -0.05) is 18.2 Å². The van der Waals surface area contributed by atoms with Crippen LogP contribution in [0.5, 0.6) is 0 Å². The van der Waals surface area contributed by atoms with E-state index >= 15 is 0 Å². The molecule has 0 radical (unpaired) electrons. The number of aromatic nitrogens is 1. The average Bonchev–Trinajstić information content (AvgIpc) is 2.59. The molecule has 6 heteroatoms. The fraction of sp³-hybridized carbons (Fsp3) is 0.200. The van der Waals surface area contributed by atoms with Crippen molar-refractivity contribution in [2.75, 3.05) is 0 Å². The van der Waals surface area contributed by atoms with Gasteiger partial charge in [0.25, 0.3) is 0 Å². The molecule has 0 aliphatic rings. The first-order chi connectivity index (χ1) is 7.34. The molecule has 0 amide bonds. The molecule has 0 spiro atoms. The van der Waals surface area contributed by atoms with Gasteiger partial charge in [0.05, 0.1) is 5.52 Å². The van der Waals surface area contributed by atoms with Crippen LogP contribution in [0.1, 0.15) is 0 Å². The molecular weight excluding hydrogens is 229 g/mol. The Hall–Kier alpha value is -1.59. The number of hydrogen-bond donors (Lipinski definition) is 0. The smallest absolute Gasteiger partial charge is 0.281 e. The largest absolute Gasteiger partial charge is 0.475 e. The van der Waals surface area contributed by atoms with Crippen LogP contribution in [0.15, 0.2) is 36.5 Å². The summed E-state index contributed by atoms with van der Waals surface area (Å²) in [6.45, 7) is 0. The quantitative estimate of drug-likeness (QED) is 0.663. The van der Waals surface area contributed by atoms with E-state index in [2.05, 4.69) is 0 Å². The number of benzene rings is 1. The van der Waals surface area contributed by atoms with E-state index in [1.807, 2.05) is 0 Å². The molecule has 0 aliphatic heterocycles. The Kier molecular flexibility index (Phi) is 2.18. The highest BCUT2D eigenvalue weighted by Crippen LogP contribution is 2.41. The topological polar surface area (TPSA) is 4.93 Å². The van der Waals surface area contributed by atoms with Crippen LogP contribution in [-0.2, 0) is 6.05 Å². The van der Waals surface area contributed by atoms with Crippen molar-refractivity contribution in [2.45, 2.75) is 12.2 Å². The molecular formula is C10H6F5N. The fourth-order valence-corrected chi connectivity index (χ4v) is 1.46. The molecule has 0 fully saturated rings. The Morgan fingerprint density at radius 1 is 0.875 bits per heavy atom. The summed E-state index contributed by atoms with van der Waals surface area (Å²) in [4.78, 5) is 0. The van der Waals surface area contributed by atoms with E-state index in [0.29, 0.717) is 5.39 Å². The number of para-hydroxylation sites is 1. The monoisotopic (exact) mass is 235 g/mol. The fourth-order valence-electron chi connectivity index (χ4n) is 1.46. The second-order valence-electron chi connectivity index (χ2n) is 3.28. The van der Waals surface area contributed by atoms with Gasteiger partial charge in [0, 0.05) is 6.20 Å². The van der Waals surface area contributed by atoms with E-state index in [4.69, 9.17) is 0 Å². The van der Waals surface area contributed by atoms with Crippen LogP contribution >= 0.6 is 0 Å². The highest BCUT2D eigenvalue weighted by atomic mass is 19.4. The minimum absolute atomic E-state index is 0.0671. The van der Waals surface area contributed by atoms with Crippen molar-refractivity contribution < 1.29 is 22.0 Å². The maximum absolute atomic E-state index is 13.1. The highest BCUT2D eigenvalue weighted by Gasteiger charge is 2.59. The third kappa shape index (κ3) is 1.45. The van der Waals surface area contributed by atoms with Crippen LogP contribution in [0.2, 0.25) is 0 Å². The molecule has 0 bridgehead atoms. The molecule has 0 saturated carbocycles. The van der Waals surface area contributed by atoms with E-state index in [1.165, 1.54) is 24.3 Å². The molecule has 1 aromatic heterocycles. The van der Waals surface area contributed by atoms with Crippen molar-refractivity contribution in [1.82, 2.24) is 4.57 Å². The first-order valence-electron chi connectivity index (χ1n) is 4.35. The Morgan fingerprint density at radius 3 is 2.12 bits per heavy atom.